The molecule has 1 N–H and O–H groups in total. The third-order valence-corrected chi connectivity index (χ3v) is 6.80. The SMILES string of the molecule is COCCNC(=O)c1ccc(/C=C2\Sc3ccccc3N(Cc3cc(C)ccc3C)C2=O)cc1. The van der Waals surface area contributed by atoms with E-state index in [2.05, 4.69) is 37.4 Å². The largest absolute Gasteiger partial charge is 0.383 e. The van der Waals surface area contributed by atoms with Crippen LogP contribution in [0.1, 0.15) is 32.6 Å². The van der Waals surface area contributed by atoms with Crippen LogP contribution in [0.5, 0.6) is 0 Å². The number of thioether (sulfide) groups is 1. The first kappa shape index (κ1) is 23.8. The zero-order valence-electron chi connectivity index (χ0n) is 19.6. The Bertz CT molecular complexity index is 1230. The molecule has 0 unspecified atom stereocenters. The van der Waals surface area contributed by atoms with Crippen LogP contribution in [0.25, 0.3) is 6.08 Å². The molecule has 0 bridgehead atoms. The summed E-state index contributed by atoms with van der Waals surface area (Å²) in [5.74, 6) is -0.168. The summed E-state index contributed by atoms with van der Waals surface area (Å²) in [6.07, 6.45) is 1.89. The van der Waals surface area contributed by atoms with Crippen molar-refractivity contribution >= 4 is 35.3 Å². The van der Waals surface area contributed by atoms with Crippen LogP contribution in [0.15, 0.2) is 76.5 Å². The molecule has 0 saturated carbocycles. The van der Waals surface area contributed by atoms with E-state index in [1.165, 1.54) is 22.9 Å². The number of benzene rings is 3. The molecule has 34 heavy (non-hydrogen) atoms. The Kier molecular flexibility index (Phi) is 7.50. The molecule has 1 aliphatic heterocycles. The fourth-order valence-corrected chi connectivity index (χ4v) is 4.87. The number of amides is 2. The molecule has 0 radical (unpaired) electrons. The van der Waals surface area contributed by atoms with Gasteiger partial charge < -0.3 is 15.0 Å². The highest BCUT2D eigenvalue weighted by Gasteiger charge is 2.29. The second-order valence-corrected chi connectivity index (χ2v) is 9.35. The molecular weight excluding hydrogens is 444 g/mol. The minimum Gasteiger partial charge on any atom is -0.383 e. The number of nitrogens with one attached hydrogen (secondary N) is 1. The van der Waals surface area contributed by atoms with Gasteiger partial charge in [-0.05, 0) is 60.9 Å². The molecule has 0 aliphatic carbocycles. The molecule has 1 heterocycles. The molecule has 1 aliphatic rings. The van der Waals surface area contributed by atoms with Crippen molar-refractivity contribution < 1.29 is 14.3 Å². The van der Waals surface area contributed by atoms with Crippen LogP contribution in [0.4, 0.5) is 5.69 Å². The van der Waals surface area contributed by atoms with Gasteiger partial charge in [-0.15, -0.1) is 0 Å². The molecule has 3 aromatic rings. The van der Waals surface area contributed by atoms with Crippen LogP contribution in [0, 0.1) is 13.8 Å². The average Bonchev–Trinajstić information content (AvgIpc) is 2.84. The second kappa shape index (κ2) is 10.7. The van der Waals surface area contributed by atoms with Crippen molar-refractivity contribution in [3.8, 4) is 0 Å². The molecule has 4 rings (SSSR count). The van der Waals surface area contributed by atoms with Gasteiger partial charge in [0.05, 0.1) is 23.7 Å². The lowest BCUT2D eigenvalue weighted by atomic mass is 10.0. The van der Waals surface area contributed by atoms with Crippen LogP contribution in [-0.2, 0) is 16.1 Å². The Hall–Kier alpha value is -3.35. The number of aryl methyl sites for hydroxylation is 2. The highest BCUT2D eigenvalue weighted by molar-refractivity contribution is 8.04. The van der Waals surface area contributed by atoms with Gasteiger partial charge in [0.25, 0.3) is 11.8 Å². The molecule has 0 spiro atoms. The lowest BCUT2D eigenvalue weighted by Gasteiger charge is -2.31. The molecule has 3 aromatic carbocycles. The standard InChI is InChI=1S/C28H28N2O3S/c1-19-8-9-20(2)23(16-19)18-30-24-6-4-5-7-25(24)34-26(28(30)32)17-21-10-12-22(13-11-21)27(31)29-14-15-33-3/h4-13,16-17H,14-15,18H2,1-3H3,(H,29,31)/b26-17-. The predicted octanol–water partition coefficient (Wildman–Crippen LogP) is 5.36. The van der Waals surface area contributed by atoms with Crippen molar-refractivity contribution in [2.24, 2.45) is 0 Å². The maximum Gasteiger partial charge on any atom is 0.265 e. The van der Waals surface area contributed by atoms with Gasteiger partial charge >= 0.3 is 0 Å². The molecule has 0 atom stereocenters. The normalized spacial score (nSPS) is 14.3. The van der Waals surface area contributed by atoms with Gasteiger partial charge in [0, 0.05) is 24.1 Å². The number of hydrogen-bond donors (Lipinski definition) is 1. The van der Waals surface area contributed by atoms with Crippen molar-refractivity contribution in [3.63, 3.8) is 0 Å². The molecule has 2 amide bonds. The number of ether oxygens (including phenoxy) is 1. The second-order valence-electron chi connectivity index (χ2n) is 8.27. The first-order valence-electron chi connectivity index (χ1n) is 11.2. The molecular formula is C28H28N2O3S. The van der Waals surface area contributed by atoms with E-state index in [4.69, 9.17) is 4.74 Å². The van der Waals surface area contributed by atoms with Crippen LogP contribution >= 0.6 is 11.8 Å². The Morgan fingerprint density at radius 3 is 2.59 bits per heavy atom. The third kappa shape index (κ3) is 5.41. The van der Waals surface area contributed by atoms with Gasteiger partial charge in [-0.25, -0.2) is 0 Å². The highest BCUT2D eigenvalue weighted by atomic mass is 32.2. The first-order valence-corrected chi connectivity index (χ1v) is 12.0. The zero-order valence-corrected chi connectivity index (χ0v) is 20.4. The molecule has 0 aromatic heterocycles. The van der Waals surface area contributed by atoms with E-state index in [0.717, 1.165) is 21.7 Å². The highest BCUT2D eigenvalue weighted by Crippen LogP contribution is 2.42. The van der Waals surface area contributed by atoms with Crippen LogP contribution in [0.3, 0.4) is 0 Å². The summed E-state index contributed by atoms with van der Waals surface area (Å²) in [5.41, 5.74) is 5.85. The fourth-order valence-electron chi connectivity index (χ4n) is 3.81. The number of carbonyl (C=O) groups is 2. The summed E-state index contributed by atoms with van der Waals surface area (Å²) >= 11 is 1.48. The van der Waals surface area contributed by atoms with Crippen LogP contribution in [-0.4, -0.2) is 32.1 Å². The van der Waals surface area contributed by atoms with Crippen molar-refractivity contribution in [1.29, 1.82) is 0 Å². The number of nitrogens with zero attached hydrogens (tertiary/aromatic N) is 1. The van der Waals surface area contributed by atoms with Crippen molar-refractivity contribution in [3.05, 3.63) is 99.5 Å². The van der Waals surface area contributed by atoms with E-state index in [9.17, 15) is 9.59 Å². The van der Waals surface area contributed by atoms with E-state index in [1.807, 2.05) is 47.4 Å². The Morgan fingerprint density at radius 2 is 1.82 bits per heavy atom. The quantitative estimate of drug-likeness (QED) is 0.372. The number of anilines is 1. The summed E-state index contributed by atoms with van der Waals surface area (Å²) in [5, 5.41) is 2.81. The Morgan fingerprint density at radius 1 is 1.06 bits per heavy atom. The average molecular weight is 473 g/mol. The van der Waals surface area contributed by atoms with Gasteiger partial charge in [-0.1, -0.05) is 59.8 Å². The third-order valence-electron chi connectivity index (χ3n) is 5.73. The number of para-hydroxylation sites is 1. The van der Waals surface area contributed by atoms with E-state index in [-0.39, 0.29) is 11.8 Å². The number of rotatable bonds is 7. The fraction of sp³-hybridized carbons (Fsp3) is 0.214. The maximum absolute atomic E-state index is 13.6. The van der Waals surface area contributed by atoms with Crippen LogP contribution in [0.2, 0.25) is 0 Å². The summed E-state index contributed by atoms with van der Waals surface area (Å²) < 4.78 is 4.96. The minimum absolute atomic E-state index is 0.0222. The van der Waals surface area contributed by atoms with E-state index in [1.54, 1.807) is 19.2 Å². The minimum atomic E-state index is -0.145. The van der Waals surface area contributed by atoms with Gasteiger partial charge in [0.15, 0.2) is 0 Å². The smallest absolute Gasteiger partial charge is 0.265 e. The monoisotopic (exact) mass is 472 g/mol. The van der Waals surface area contributed by atoms with Crippen molar-refractivity contribution in [2.75, 3.05) is 25.2 Å². The molecule has 5 nitrogen and oxygen atoms in total. The zero-order chi connectivity index (χ0) is 24.1. The molecule has 174 valence electrons. The molecule has 6 heteroatoms. The first-order chi connectivity index (χ1) is 16.5. The Labute approximate surface area is 204 Å². The number of methoxy groups -OCH3 is 1. The number of carbonyl (C=O) groups excluding carboxylic acids is 2. The number of fused-ring (bicyclic) bond motifs is 1. The van der Waals surface area contributed by atoms with Gasteiger partial charge in [-0.2, -0.15) is 0 Å². The molecule has 0 saturated heterocycles. The van der Waals surface area contributed by atoms with Gasteiger partial charge in [0.2, 0.25) is 0 Å². The summed E-state index contributed by atoms with van der Waals surface area (Å²) in [6, 6.07) is 21.6. The summed E-state index contributed by atoms with van der Waals surface area (Å²) in [7, 11) is 1.60. The maximum atomic E-state index is 13.6. The van der Waals surface area contributed by atoms with Crippen molar-refractivity contribution in [1.82, 2.24) is 5.32 Å². The van der Waals surface area contributed by atoms with Crippen molar-refractivity contribution in [2.45, 2.75) is 25.3 Å². The van der Waals surface area contributed by atoms with E-state index < -0.39 is 0 Å². The summed E-state index contributed by atoms with van der Waals surface area (Å²) in [6.45, 7) is 5.59. The lowest BCUT2D eigenvalue weighted by molar-refractivity contribution is -0.114. The Balaban J connectivity index is 1.60. The predicted molar refractivity (Wildman–Crippen MR) is 138 cm³/mol. The molecule has 0 fully saturated rings. The van der Waals surface area contributed by atoms with E-state index >= 15 is 0 Å². The van der Waals surface area contributed by atoms with Gasteiger partial charge in [-0.3, -0.25) is 9.59 Å². The van der Waals surface area contributed by atoms with E-state index in [0.29, 0.717) is 30.2 Å². The lowest BCUT2D eigenvalue weighted by Crippen LogP contribution is -2.34. The topological polar surface area (TPSA) is 58.6 Å². The van der Waals surface area contributed by atoms with Gasteiger partial charge in [0.1, 0.15) is 0 Å². The number of hydrogen-bond acceptors (Lipinski definition) is 4. The summed E-state index contributed by atoms with van der Waals surface area (Å²) in [4.78, 5) is 29.4. The van der Waals surface area contributed by atoms with Crippen LogP contribution < -0.4 is 10.2 Å².